The Morgan fingerprint density at radius 3 is 2.72 bits per heavy atom. The van der Waals surface area contributed by atoms with Crippen LogP contribution < -0.4 is 0 Å². The molecule has 1 atom stereocenters. The van der Waals surface area contributed by atoms with Gasteiger partial charge in [-0.1, -0.05) is 0 Å². The van der Waals surface area contributed by atoms with Gasteiger partial charge in [0, 0.05) is 13.3 Å². The number of Topliss-reactive ketones (excluding diaryl/α,β-unsaturated/α-hetero) is 1. The van der Waals surface area contributed by atoms with Crippen molar-refractivity contribution in [3.63, 3.8) is 0 Å². The number of ketones is 1. The number of methoxy groups -OCH3 is 2. The van der Waals surface area contributed by atoms with Crippen molar-refractivity contribution in [2.45, 2.75) is 6.10 Å². The highest BCUT2D eigenvalue weighted by Crippen LogP contribution is 2.26. The lowest BCUT2D eigenvalue weighted by atomic mass is 9.90. The number of hydrogen-bond donors (Lipinski definition) is 1. The van der Waals surface area contributed by atoms with Gasteiger partial charge in [0.25, 0.3) is 0 Å². The van der Waals surface area contributed by atoms with Crippen molar-refractivity contribution in [2.24, 2.45) is 4.99 Å². The molecule has 1 N–H and O–H groups in total. The van der Waals surface area contributed by atoms with Crippen LogP contribution in [0.4, 0.5) is 0 Å². The van der Waals surface area contributed by atoms with Crippen molar-refractivity contribution in [2.75, 3.05) is 14.2 Å². The van der Waals surface area contributed by atoms with Crippen LogP contribution >= 0.6 is 0 Å². The summed E-state index contributed by atoms with van der Waals surface area (Å²) < 4.78 is 10.2. The summed E-state index contributed by atoms with van der Waals surface area (Å²) >= 11 is 0. The van der Waals surface area contributed by atoms with E-state index in [1.807, 2.05) is 0 Å². The van der Waals surface area contributed by atoms with Gasteiger partial charge in [-0.15, -0.1) is 0 Å². The molecule has 0 fully saturated rings. The highest BCUT2D eigenvalue weighted by Gasteiger charge is 2.35. The number of rotatable bonds is 3. The molecular formula is C12H11NO5. The van der Waals surface area contributed by atoms with Crippen molar-refractivity contribution in [3.05, 3.63) is 35.3 Å². The lowest BCUT2D eigenvalue weighted by molar-refractivity contribution is -0.134. The highest BCUT2D eigenvalue weighted by atomic mass is 16.5. The number of carbonyl (C=O) groups is 2. The molecule has 1 aliphatic heterocycles. The van der Waals surface area contributed by atoms with E-state index >= 15 is 0 Å². The fourth-order valence-electron chi connectivity index (χ4n) is 1.82. The Kier molecular flexibility index (Phi) is 3.12. The Morgan fingerprint density at radius 2 is 2.17 bits per heavy atom. The standard InChI is InChI=1S/C12H11NO5/c1-17-7-3-4-8(18-2)10-9(7)11(14)6(5-13-10)12(15)16/h3-5,8H,1-2H3,(H,15,16). The zero-order chi connectivity index (χ0) is 13.3. The second-order valence-corrected chi connectivity index (χ2v) is 3.65. The van der Waals surface area contributed by atoms with Gasteiger partial charge in [0.15, 0.2) is 0 Å². The SMILES string of the molecule is COC1=C2C(=O)C(C(=O)O)=CN=C2C(OC)C=C1. The van der Waals surface area contributed by atoms with Gasteiger partial charge in [0.2, 0.25) is 5.78 Å². The minimum atomic E-state index is -1.31. The number of carboxylic acid groups (broad SMARTS) is 1. The Balaban J connectivity index is 2.58. The predicted molar refractivity (Wildman–Crippen MR) is 62.1 cm³/mol. The summed E-state index contributed by atoms with van der Waals surface area (Å²) in [5.74, 6) is -1.64. The molecule has 0 spiro atoms. The molecule has 6 nitrogen and oxygen atoms in total. The molecule has 0 radical (unpaired) electrons. The summed E-state index contributed by atoms with van der Waals surface area (Å²) in [5, 5.41) is 8.91. The van der Waals surface area contributed by atoms with E-state index in [1.54, 1.807) is 12.2 Å². The summed E-state index contributed by atoms with van der Waals surface area (Å²) in [5.41, 5.74) is 0.132. The van der Waals surface area contributed by atoms with Crippen LogP contribution in [-0.2, 0) is 19.1 Å². The molecule has 18 heavy (non-hydrogen) atoms. The summed E-state index contributed by atoms with van der Waals surface area (Å²) in [6, 6.07) is 0. The average molecular weight is 249 g/mol. The molecule has 6 heteroatoms. The molecule has 2 rings (SSSR count). The Hall–Kier alpha value is -2.21. The monoisotopic (exact) mass is 249 g/mol. The molecule has 0 saturated heterocycles. The number of carbonyl (C=O) groups excluding carboxylic acids is 1. The molecule has 1 aliphatic carbocycles. The first kappa shape index (κ1) is 12.3. The van der Waals surface area contributed by atoms with E-state index in [4.69, 9.17) is 14.6 Å². The number of ether oxygens (including phenoxy) is 2. The molecule has 0 aromatic heterocycles. The second-order valence-electron chi connectivity index (χ2n) is 3.65. The number of carboxylic acids is 1. The molecule has 0 aromatic rings. The van der Waals surface area contributed by atoms with Crippen molar-refractivity contribution >= 4 is 17.5 Å². The van der Waals surface area contributed by atoms with E-state index in [-0.39, 0.29) is 11.1 Å². The van der Waals surface area contributed by atoms with E-state index < -0.39 is 17.9 Å². The fraction of sp³-hybridized carbons (Fsp3) is 0.250. The van der Waals surface area contributed by atoms with E-state index in [9.17, 15) is 9.59 Å². The Labute approximate surface area is 103 Å². The van der Waals surface area contributed by atoms with Gasteiger partial charge in [0.1, 0.15) is 17.4 Å². The lowest BCUT2D eigenvalue weighted by Gasteiger charge is -2.24. The number of aliphatic imine (C=N–C) groups is 1. The van der Waals surface area contributed by atoms with Crippen LogP contribution in [0.2, 0.25) is 0 Å². The molecule has 0 bridgehead atoms. The number of hydrogen-bond acceptors (Lipinski definition) is 5. The van der Waals surface area contributed by atoms with Crippen molar-refractivity contribution in [1.82, 2.24) is 0 Å². The molecular weight excluding hydrogens is 238 g/mol. The largest absolute Gasteiger partial charge is 0.496 e. The third-order valence-electron chi connectivity index (χ3n) is 2.70. The smallest absolute Gasteiger partial charge is 0.341 e. The van der Waals surface area contributed by atoms with E-state index in [2.05, 4.69) is 4.99 Å². The van der Waals surface area contributed by atoms with Crippen LogP contribution in [0.1, 0.15) is 0 Å². The fourth-order valence-corrected chi connectivity index (χ4v) is 1.82. The summed E-state index contributed by atoms with van der Waals surface area (Å²) in [6.07, 6.45) is 3.83. The molecule has 1 unspecified atom stereocenters. The van der Waals surface area contributed by atoms with Gasteiger partial charge < -0.3 is 14.6 Å². The van der Waals surface area contributed by atoms with Gasteiger partial charge in [-0.05, 0) is 12.2 Å². The van der Waals surface area contributed by atoms with Crippen molar-refractivity contribution in [3.8, 4) is 0 Å². The topological polar surface area (TPSA) is 85.2 Å². The van der Waals surface area contributed by atoms with Crippen LogP contribution in [0.25, 0.3) is 0 Å². The van der Waals surface area contributed by atoms with Gasteiger partial charge in [-0.3, -0.25) is 9.79 Å². The van der Waals surface area contributed by atoms with Gasteiger partial charge in [-0.2, -0.15) is 0 Å². The number of fused-ring (bicyclic) bond motifs is 1. The molecule has 1 heterocycles. The zero-order valence-corrected chi connectivity index (χ0v) is 9.84. The predicted octanol–water partition coefficient (Wildman–Crippen LogP) is 0.464. The van der Waals surface area contributed by atoms with Crippen molar-refractivity contribution in [1.29, 1.82) is 0 Å². The number of nitrogens with zero attached hydrogens (tertiary/aromatic N) is 1. The van der Waals surface area contributed by atoms with Crippen LogP contribution in [0.15, 0.2) is 40.2 Å². The van der Waals surface area contributed by atoms with Gasteiger partial charge in [-0.25, -0.2) is 4.79 Å². The summed E-state index contributed by atoms with van der Waals surface area (Å²) in [4.78, 5) is 27.0. The van der Waals surface area contributed by atoms with Gasteiger partial charge in [0.05, 0.1) is 18.4 Å². The van der Waals surface area contributed by atoms with Crippen molar-refractivity contribution < 1.29 is 24.2 Å². The summed E-state index contributed by atoms with van der Waals surface area (Å²) in [6.45, 7) is 0. The first-order valence-corrected chi connectivity index (χ1v) is 5.15. The highest BCUT2D eigenvalue weighted by molar-refractivity contribution is 6.37. The number of allylic oxidation sites excluding steroid dienone is 1. The average Bonchev–Trinajstić information content (AvgIpc) is 2.37. The van der Waals surface area contributed by atoms with E-state index in [1.165, 1.54) is 14.2 Å². The third kappa shape index (κ3) is 1.76. The third-order valence-corrected chi connectivity index (χ3v) is 2.70. The minimum Gasteiger partial charge on any atom is -0.496 e. The Bertz CT molecular complexity index is 539. The maximum atomic E-state index is 12.1. The molecule has 0 amide bonds. The van der Waals surface area contributed by atoms with Crippen LogP contribution in [0.5, 0.6) is 0 Å². The quantitative estimate of drug-likeness (QED) is 0.734. The normalized spacial score (nSPS) is 22.3. The lowest BCUT2D eigenvalue weighted by Crippen LogP contribution is -2.34. The maximum absolute atomic E-state index is 12.1. The molecule has 2 aliphatic rings. The maximum Gasteiger partial charge on any atom is 0.341 e. The van der Waals surface area contributed by atoms with Crippen LogP contribution in [0.3, 0.4) is 0 Å². The van der Waals surface area contributed by atoms with E-state index in [0.717, 1.165) is 6.20 Å². The Morgan fingerprint density at radius 1 is 1.44 bits per heavy atom. The van der Waals surface area contributed by atoms with Crippen LogP contribution in [-0.4, -0.2) is 42.9 Å². The minimum absolute atomic E-state index is 0.145. The zero-order valence-electron chi connectivity index (χ0n) is 9.84. The van der Waals surface area contributed by atoms with Gasteiger partial charge >= 0.3 is 5.97 Å². The molecule has 0 saturated carbocycles. The first-order valence-electron chi connectivity index (χ1n) is 5.15. The van der Waals surface area contributed by atoms with Crippen LogP contribution in [0, 0.1) is 0 Å². The second kappa shape index (κ2) is 4.58. The molecule has 0 aromatic carbocycles. The first-order chi connectivity index (χ1) is 8.60. The van der Waals surface area contributed by atoms with E-state index in [0.29, 0.717) is 11.5 Å². The number of aliphatic carboxylic acids is 1. The molecule has 94 valence electrons. The summed E-state index contributed by atoms with van der Waals surface area (Å²) in [7, 11) is 2.89.